The van der Waals surface area contributed by atoms with Gasteiger partial charge >= 0.3 is 0 Å². The van der Waals surface area contributed by atoms with Crippen LogP contribution in [0.15, 0.2) is 40.6 Å². The Hall–Kier alpha value is -2.48. The SMILES string of the molecule is NC(CCN(Cc1cccnc1)C(=O)c1cscn1)=NO. The molecular formula is C13H15N5O2S. The van der Waals surface area contributed by atoms with Gasteiger partial charge in [0.25, 0.3) is 5.91 Å². The number of pyridine rings is 1. The van der Waals surface area contributed by atoms with Crippen molar-refractivity contribution in [1.82, 2.24) is 14.9 Å². The number of nitrogens with two attached hydrogens (primary N) is 1. The van der Waals surface area contributed by atoms with Crippen LogP contribution in [0.1, 0.15) is 22.5 Å². The molecule has 2 aromatic rings. The zero-order chi connectivity index (χ0) is 15.1. The smallest absolute Gasteiger partial charge is 0.273 e. The van der Waals surface area contributed by atoms with Crippen molar-refractivity contribution in [1.29, 1.82) is 0 Å². The quantitative estimate of drug-likeness (QED) is 0.362. The highest BCUT2D eigenvalue weighted by molar-refractivity contribution is 7.07. The number of carbonyl (C=O) groups is 1. The molecule has 0 saturated carbocycles. The first kappa shape index (κ1) is 14.9. The summed E-state index contributed by atoms with van der Waals surface area (Å²) in [4.78, 5) is 22.1. The summed E-state index contributed by atoms with van der Waals surface area (Å²) in [6.45, 7) is 0.726. The Labute approximate surface area is 125 Å². The maximum absolute atomic E-state index is 12.4. The topological polar surface area (TPSA) is 105 Å². The maximum Gasteiger partial charge on any atom is 0.273 e. The molecule has 8 heteroatoms. The number of amidine groups is 1. The molecule has 7 nitrogen and oxygen atoms in total. The molecule has 0 aromatic carbocycles. The van der Waals surface area contributed by atoms with Gasteiger partial charge in [-0.2, -0.15) is 0 Å². The van der Waals surface area contributed by atoms with Crippen molar-refractivity contribution in [3.63, 3.8) is 0 Å². The minimum Gasteiger partial charge on any atom is -0.409 e. The van der Waals surface area contributed by atoms with E-state index in [0.29, 0.717) is 18.8 Å². The molecule has 0 saturated heterocycles. The molecule has 0 aliphatic rings. The van der Waals surface area contributed by atoms with Crippen LogP contribution >= 0.6 is 11.3 Å². The van der Waals surface area contributed by atoms with Crippen molar-refractivity contribution in [2.45, 2.75) is 13.0 Å². The molecule has 0 spiro atoms. The van der Waals surface area contributed by atoms with Gasteiger partial charge < -0.3 is 15.8 Å². The van der Waals surface area contributed by atoms with Crippen molar-refractivity contribution in [2.75, 3.05) is 6.54 Å². The van der Waals surface area contributed by atoms with Crippen LogP contribution in [-0.4, -0.2) is 38.4 Å². The molecule has 2 aromatic heterocycles. The molecule has 110 valence electrons. The van der Waals surface area contributed by atoms with Crippen molar-refractivity contribution in [2.24, 2.45) is 10.9 Å². The Balaban J connectivity index is 2.12. The Kier molecular flexibility index (Phi) is 5.22. The van der Waals surface area contributed by atoms with E-state index in [9.17, 15) is 4.79 Å². The molecule has 2 rings (SSSR count). The largest absolute Gasteiger partial charge is 0.409 e. The van der Waals surface area contributed by atoms with E-state index in [1.807, 2.05) is 12.1 Å². The zero-order valence-electron chi connectivity index (χ0n) is 11.2. The summed E-state index contributed by atoms with van der Waals surface area (Å²) < 4.78 is 0. The van der Waals surface area contributed by atoms with Gasteiger partial charge in [0.1, 0.15) is 11.5 Å². The summed E-state index contributed by atoms with van der Waals surface area (Å²) in [5, 5.41) is 13.2. The molecule has 0 atom stereocenters. The number of carbonyl (C=O) groups excluding carboxylic acids is 1. The highest BCUT2D eigenvalue weighted by atomic mass is 32.1. The number of amides is 1. The van der Waals surface area contributed by atoms with Crippen LogP contribution in [0.25, 0.3) is 0 Å². The molecule has 0 bridgehead atoms. The lowest BCUT2D eigenvalue weighted by Crippen LogP contribution is -2.34. The molecule has 0 aliphatic heterocycles. The number of thiazole rings is 1. The van der Waals surface area contributed by atoms with Crippen LogP contribution < -0.4 is 5.73 Å². The Morgan fingerprint density at radius 2 is 2.38 bits per heavy atom. The van der Waals surface area contributed by atoms with E-state index in [1.165, 1.54) is 11.3 Å². The summed E-state index contributed by atoms with van der Waals surface area (Å²) in [6.07, 6.45) is 3.66. The molecule has 21 heavy (non-hydrogen) atoms. The highest BCUT2D eigenvalue weighted by Gasteiger charge is 2.18. The molecule has 2 heterocycles. The second-order valence-electron chi connectivity index (χ2n) is 4.30. The summed E-state index contributed by atoms with van der Waals surface area (Å²) in [7, 11) is 0. The normalized spacial score (nSPS) is 11.3. The van der Waals surface area contributed by atoms with Gasteiger partial charge in [0, 0.05) is 37.3 Å². The molecule has 1 amide bonds. The third-order valence-electron chi connectivity index (χ3n) is 2.80. The van der Waals surface area contributed by atoms with Gasteiger partial charge in [-0.1, -0.05) is 11.2 Å². The fraction of sp³-hybridized carbons (Fsp3) is 0.231. The van der Waals surface area contributed by atoms with Crippen LogP contribution in [0.2, 0.25) is 0 Å². The summed E-state index contributed by atoms with van der Waals surface area (Å²) in [5.74, 6) is -0.108. The molecular weight excluding hydrogens is 290 g/mol. The maximum atomic E-state index is 12.4. The number of rotatable bonds is 6. The van der Waals surface area contributed by atoms with Crippen LogP contribution in [0.5, 0.6) is 0 Å². The van der Waals surface area contributed by atoms with Crippen molar-refractivity contribution >= 4 is 23.1 Å². The van der Waals surface area contributed by atoms with E-state index in [2.05, 4.69) is 15.1 Å². The first-order valence-corrected chi connectivity index (χ1v) is 7.17. The number of hydrogen-bond donors (Lipinski definition) is 2. The van der Waals surface area contributed by atoms with E-state index in [-0.39, 0.29) is 18.2 Å². The lowest BCUT2D eigenvalue weighted by atomic mass is 10.2. The lowest BCUT2D eigenvalue weighted by Gasteiger charge is -2.21. The molecule has 3 N–H and O–H groups in total. The second kappa shape index (κ2) is 7.34. The van der Waals surface area contributed by atoms with Gasteiger partial charge in [0.05, 0.1) is 5.51 Å². The van der Waals surface area contributed by atoms with Gasteiger partial charge in [0.2, 0.25) is 0 Å². The van der Waals surface area contributed by atoms with E-state index >= 15 is 0 Å². The monoisotopic (exact) mass is 305 g/mol. The van der Waals surface area contributed by atoms with Gasteiger partial charge in [-0.25, -0.2) is 4.98 Å². The molecule has 0 radical (unpaired) electrons. The summed E-state index contributed by atoms with van der Waals surface area (Å²) in [6, 6.07) is 3.70. The molecule has 0 fully saturated rings. The number of aromatic nitrogens is 2. The fourth-order valence-corrected chi connectivity index (χ4v) is 2.27. The fourth-order valence-electron chi connectivity index (χ4n) is 1.74. The van der Waals surface area contributed by atoms with Gasteiger partial charge in [-0.3, -0.25) is 9.78 Å². The predicted molar refractivity (Wildman–Crippen MR) is 79.1 cm³/mol. The Bertz CT molecular complexity index is 600. The van der Waals surface area contributed by atoms with Gasteiger partial charge in [-0.05, 0) is 11.6 Å². The number of hydrogen-bond acceptors (Lipinski definition) is 6. The van der Waals surface area contributed by atoms with Crippen LogP contribution in [0.3, 0.4) is 0 Å². The first-order valence-electron chi connectivity index (χ1n) is 6.23. The van der Waals surface area contributed by atoms with Crippen molar-refractivity contribution in [3.05, 3.63) is 46.7 Å². The third-order valence-corrected chi connectivity index (χ3v) is 3.39. The standard InChI is InChI=1S/C13H15N5O2S/c14-12(17-20)3-5-18(7-10-2-1-4-15-6-10)13(19)11-8-21-9-16-11/h1-2,4,6,8-9,20H,3,5,7H2,(H2,14,17). The average molecular weight is 305 g/mol. The lowest BCUT2D eigenvalue weighted by molar-refractivity contribution is 0.0742. The summed E-state index contributed by atoms with van der Waals surface area (Å²) in [5.41, 5.74) is 8.38. The van der Waals surface area contributed by atoms with Crippen LogP contribution in [0, 0.1) is 0 Å². The van der Waals surface area contributed by atoms with E-state index in [1.54, 1.807) is 28.2 Å². The predicted octanol–water partition coefficient (Wildman–Crippen LogP) is 1.32. The van der Waals surface area contributed by atoms with Crippen LogP contribution in [-0.2, 0) is 6.54 Å². The van der Waals surface area contributed by atoms with Crippen molar-refractivity contribution in [3.8, 4) is 0 Å². The van der Waals surface area contributed by atoms with E-state index < -0.39 is 0 Å². The van der Waals surface area contributed by atoms with E-state index in [4.69, 9.17) is 10.9 Å². The van der Waals surface area contributed by atoms with E-state index in [0.717, 1.165) is 5.56 Å². The Morgan fingerprint density at radius 1 is 1.52 bits per heavy atom. The van der Waals surface area contributed by atoms with Gasteiger partial charge in [-0.15, -0.1) is 11.3 Å². The second-order valence-corrected chi connectivity index (χ2v) is 5.02. The number of nitrogens with zero attached hydrogens (tertiary/aromatic N) is 4. The average Bonchev–Trinajstić information content (AvgIpc) is 3.05. The minimum atomic E-state index is -0.189. The number of oxime groups is 1. The molecule has 0 aliphatic carbocycles. The first-order chi connectivity index (χ1) is 10.2. The Morgan fingerprint density at radius 3 is 3.00 bits per heavy atom. The van der Waals surface area contributed by atoms with Crippen molar-refractivity contribution < 1.29 is 10.0 Å². The van der Waals surface area contributed by atoms with Crippen LogP contribution in [0.4, 0.5) is 0 Å². The zero-order valence-corrected chi connectivity index (χ0v) is 12.0. The minimum absolute atomic E-state index is 0.0808. The highest BCUT2D eigenvalue weighted by Crippen LogP contribution is 2.10. The summed E-state index contributed by atoms with van der Waals surface area (Å²) >= 11 is 1.36. The molecule has 0 unspecified atom stereocenters. The third kappa shape index (κ3) is 4.25. The van der Waals surface area contributed by atoms with Gasteiger partial charge in [0.15, 0.2) is 0 Å².